The van der Waals surface area contributed by atoms with Crippen molar-refractivity contribution in [1.82, 2.24) is 0 Å². The lowest BCUT2D eigenvalue weighted by Crippen LogP contribution is -2.22. The monoisotopic (exact) mass is 628 g/mol. The quantitative estimate of drug-likeness (QED) is 0.152. The summed E-state index contributed by atoms with van der Waals surface area (Å²) in [6.07, 6.45) is 9.19. The first-order chi connectivity index (χ1) is 21.7. The Morgan fingerprint density at radius 3 is 1.89 bits per heavy atom. The maximum absolute atomic E-state index is 15.2. The number of ether oxygens (including phenoxy) is 1. The van der Waals surface area contributed by atoms with Gasteiger partial charge in [0.1, 0.15) is 0 Å². The normalized spacial score (nSPS) is 20.4. The summed E-state index contributed by atoms with van der Waals surface area (Å²) < 4.78 is 94.9. The second kappa shape index (κ2) is 15.0. The van der Waals surface area contributed by atoms with Crippen LogP contribution in [0.25, 0.3) is 5.57 Å². The van der Waals surface area contributed by atoms with Gasteiger partial charge in [-0.05, 0) is 104 Å². The molecule has 2 aliphatic carbocycles. The molecule has 0 spiro atoms. The second-order valence-corrected chi connectivity index (χ2v) is 12.6. The first-order valence-corrected chi connectivity index (χ1v) is 16.4. The molecule has 45 heavy (non-hydrogen) atoms. The van der Waals surface area contributed by atoms with Gasteiger partial charge >= 0.3 is 0 Å². The number of unbranched alkanes of at least 4 members (excludes halogenated alkanes) is 2. The van der Waals surface area contributed by atoms with Crippen LogP contribution in [0.5, 0.6) is 0 Å². The van der Waals surface area contributed by atoms with Gasteiger partial charge < -0.3 is 4.74 Å². The Morgan fingerprint density at radius 2 is 1.24 bits per heavy atom. The third-order valence-corrected chi connectivity index (χ3v) is 9.76. The van der Waals surface area contributed by atoms with E-state index in [9.17, 15) is 17.6 Å². The standard InChI is InChI=1S/C38H42F6O/c1-3-5-6-7-27-15-20-31(37(43)34(27)40)26-12-17-29(18-13-26)45-22-28-16-21-32(38(44)35(28)41)25-10-8-24(9-11-25)30-19-14-23(4-2)33(39)36(30)42/h8,14-16,19-21,25-26,29H,3-7,9-13,17-18,22H2,1-2H3. The number of aryl methyl sites for hydroxylation is 2. The van der Waals surface area contributed by atoms with Crippen molar-refractivity contribution in [2.24, 2.45) is 0 Å². The Labute approximate surface area is 262 Å². The van der Waals surface area contributed by atoms with Crippen molar-refractivity contribution in [2.75, 3.05) is 0 Å². The van der Waals surface area contributed by atoms with Crippen LogP contribution in [-0.4, -0.2) is 6.10 Å². The topological polar surface area (TPSA) is 9.23 Å². The highest BCUT2D eigenvalue weighted by molar-refractivity contribution is 5.67. The zero-order valence-electron chi connectivity index (χ0n) is 26.1. The van der Waals surface area contributed by atoms with Crippen LogP contribution in [0.15, 0.2) is 42.5 Å². The predicted octanol–water partition coefficient (Wildman–Crippen LogP) is 11.4. The number of halogens is 6. The molecule has 0 bridgehead atoms. The SMILES string of the molecule is CCCCCc1ccc(C2CCC(OCc3ccc(C4CC=C(c5ccc(CC)c(F)c5F)CC4)c(F)c3F)CC2)c(F)c1F. The summed E-state index contributed by atoms with van der Waals surface area (Å²) in [6.45, 7) is 3.75. The van der Waals surface area contributed by atoms with Crippen LogP contribution in [0, 0.1) is 34.9 Å². The average Bonchev–Trinajstić information content (AvgIpc) is 3.06. The zero-order valence-corrected chi connectivity index (χ0v) is 26.1. The maximum Gasteiger partial charge on any atom is 0.166 e. The Bertz CT molecular complexity index is 1520. The van der Waals surface area contributed by atoms with Crippen molar-refractivity contribution < 1.29 is 31.1 Å². The molecule has 0 radical (unpaired) electrons. The smallest absolute Gasteiger partial charge is 0.166 e. The van der Waals surface area contributed by atoms with E-state index < -0.39 is 34.9 Å². The number of hydrogen-bond donors (Lipinski definition) is 0. The summed E-state index contributed by atoms with van der Waals surface area (Å²) in [4.78, 5) is 0. The number of allylic oxidation sites excluding steroid dienone is 2. The molecule has 3 aromatic carbocycles. The van der Waals surface area contributed by atoms with E-state index in [4.69, 9.17) is 4.74 Å². The molecule has 2 aliphatic rings. The van der Waals surface area contributed by atoms with Gasteiger partial charge in [-0.15, -0.1) is 0 Å². The van der Waals surface area contributed by atoms with Crippen LogP contribution >= 0.6 is 0 Å². The lowest BCUT2D eigenvalue weighted by molar-refractivity contribution is 0.0116. The highest BCUT2D eigenvalue weighted by Gasteiger charge is 2.28. The predicted molar refractivity (Wildman–Crippen MR) is 166 cm³/mol. The van der Waals surface area contributed by atoms with Gasteiger partial charge in [-0.25, -0.2) is 26.3 Å². The average molecular weight is 629 g/mol. The molecule has 1 saturated carbocycles. The Morgan fingerprint density at radius 1 is 0.622 bits per heavy atom. The highest BCUT2D eigenvalue weighted by Crippen LogP contribution is 2.40. The van der Waals surface area contributed by atoms with Crippen LogP contribution in [0.1, 0.15) is 123 Å². The summed E-state index contributed by atoms with van der Waals surface area (Å²) in [5.74, 6) is -5.38. The fourth-order valence-corrected chi connectivity index (χ4v) is 6.93. The van der Waals surface area contributed by atoms with Crippen LogP contribution in [-0.2, 0) is 24.2 Å². The number of hydrogen-bond acceptors (Lipinski definition) is 1. The Kier molecular flexibility index (Phi) is 11.1. The van der Waals surface area contributed by atoms with Gasteiger partial charge in [-0.1, -0.05) is 69.2 Å². The highest BCUT2D eigenvalue weighted by atomic mass is 19.2. The minimum atomic E-state index is -0.934. The lowest BCUT2D eigenvalue weighted by Gasteiger charge is -2.29. The molecule has 0 aromatic heterocycles. The summed E-state index contributed by atoms with van der Waals surface area (Å²) in [5, 5.41) is 0. The van der Waals surface area contributed by atoms with E-state index in [2.05, 4.69) is 6.92 Å². The summed E-state index contributed by atoms with van der Waals surface area (Å²) >= 11 is 0. The van der Waals surface area contributed by atoms with Crippen LogP contribution in [0.3, 0.4) is 0 Å². The first-order valence-electron chi connectivity index (χ1n) is 16.4. The molecule has 1 unspecified atom stereocenters. The third kappa shape index (κ3) is 7.34. The molecule has 242 valence electrons. The van der Waals surface area contributed by atoms with Crippen molar-refractivity contribution in [3.05, 3.63) is 111 Å². The summed E-state index contributed by atoms with van der Waals surface area (Å²) in [7, 11) is 0. The Balaban J connectivity index is 1.15. The first kappa shape index (κ1) is 33.3. The fourth-order valence-electron chi connectivity index (χ4n) is 6.93. The van der Waals surface area contributed by atoms with Crippen molar-refractivity contribution in [3.63, 3.8) is 0 Å². The largest absolute Gasteiger partial charge is 0.373 e. The van der Waals surface area contributed by atoms with Crippen LogP contribution in [0.4, 0.5) is 26.3 Å². The van der Waals surface area contributed by atoms with E-state index in [0.29, 0.717) is 80.1 Å². The molecule has 0 saturated heterocycles. The Hall–Kier alpha value is -3.06. The molecule has 0 aliphatic heterocycles. The molecule has 1 atom stereocenters. The van der Waals surface area contributed by atoms with Gasteiger partial charge in [0, 0.05) is 11.1 Å². The van der Waals surface area contributed by atoms with E-state index in [1.54, 1.807) is 49.4 Å². The molecular weight excluding hydrogens is 586 g/mol. The van der Waals surface area contributed by atoms with Gasteiger partial charge in [0.15, 0.2) is 34.9 Å². The summed E-state index contributed by atoms with van der Waals surface area (Å²) in [6, 6.07) is 9.76. The van der Waals surface area contributed by atoms with Crippen molar-refractivity contribution in [3.8, 4) is 0 Å². The summed E-state index contributed by atoms with van der Waals surface area (Å²) in [5.41, 5.74) is 2.46. The molecule has 1 nitrogen and oxygen atoms in total. The minimum Gasteiger partial charge on any atom is -0.373 e. The lowest BCUT2D eigenvalue weighted by atomic mass is 9.81. The molecule has 0 heterocycles. The van der Waals surface area contributed by atoms with Gasteiger partial charge in [-0.3, -0.25) is 0 Å². The minimum absolute atomic E-state index is 0.0822. The second-order valence-electron chi connectivity index (χ2n) is 12.6. The van der Waals surface area contributed by atoms with Gasteiger partial charge in [0.25, 0.3) is 0 Å². The van der Waals surface area contributed by atoms with E-state index >= 15 is 8.78 Å². The van der Waals surface area contributed by atoms with E-state index in [1.807, 2.05) is 0 Å². The molecule has 7 heteroatoms. The van der Waals surface area contributed by atoms with E-state index in [0.717, 1.165) is 19.3 Å². The molecule has 1 fully saturated rings. The van der Waals surface area contributed by atoms with Crippen molar-refractivity contribution >= 4 is 5.57 Å². The van der Waals surface area contributed by atoms with Gasteiger partial charge in [0.05, 0.1) is 12.7 Å². The van der Waals surface area contributed by atoms with Gasteiger partial charge in [-0.2, -0.15) is 0 Å². The van der Waals surface area contributed by atoms with Crippen LogP contribution < -0.4 is 0 Å². The number of rotatable bonds is 11. The molecule has 0 amide bonds. The zero-order chi connectivity index (χ0) is 32.1. The van der Waals surface area contributed by atoms with Gasteiger partial charge in [0.2, 0.25) is 0 Å². The molecule has 3 aromatic rings. The van der Waals surface area contributed by atoms with E-state index in [1.165, 1.54) is 0 Å². The van der Waals surface area contributed by atoms with Crippen LogP contribution in [0.2, 0.25) is 0 Å². The molecule has 0 N–H and O–H groups in total. The molecule has 5 rings (SSSR count). The molecular formula is C38H42F6O. The van der Waals surface area contributed by atoms with E-state index in [-0.39, 0.29) is 41.2 Å². The van der Waals surface area contributed by atoms with Crippen molar-refractivity contribution in [2.45, 2.75) is 115 Å². The third-order valence-electron chi connectivity index (χ3n) is 9.76. The fraction of sp³-hybridized carbons (Fsp3) is 0.474. The maximum atomic E-state index is 15.2. The number of benzene rings is 3. The van der Waals surface area contributed by atoms with Crippen molar-refractivity contribution in [1.29, 1.82) is 0 Å².